The molecular formula is C24H31IN4O4. The van der Waals surface area contributed by atoms with E-state index in [2.05, 4.69) is 27.8 Å². The number of carbonyl (C=O) groups excluding carboxylic acids is 2. The van der Waals surface area contributed by atoms with Crippen molar-refractivity contribution in [2.75, 3.05) is 32.8 Å². The van der Waals surface area contributed by atoms with Gasteiger partial charge >= 0.3 is 0 Å². The second-order valence-corrected chi connectivity index (χ2v) is 8.78. The quantitative estimate of drug-likeness (QED) is 0.181. The minimum atomic E-state index is -0.140. The molecule has 1 aromatic rings. The predicted molar refractivity (Wildman–Crippen MR) is 135 cm³/mol. The van der Waals surface area contributed by atoms with Crippen LogP contribution in [-0.2, 0) is 16.1 Å². The van der Waals surface area contributed by atoms with Crippen molar-refractivity contribution in [2.45, 2.75) is 26.3 Å². The lowest BCUT2D eigenvalue weighted by molar-refractivity contribution is -0.140. The van der Waals surface area contributed by atoms with Crippen molar-refractivity contribution >= 4 is 41.8 Å². The summed E-state index contributed by atoms with van der Waals surface area (Å²) < 4.78 is 11.4. The highest BCUT2D eigenvalue weighted by atomic mass is 127. The number of hydrogen-bond acceptors (Lipinski definition) is 5. The van der Waals surface area contributed by atoms with E-state index in [1.54, 1.807) is 0 Å². The average molecular weight is 566 g/mol. The smallest absolute Gasteiger partial charge is 0.233 e. The van der Waals surface area contributed by atoms with Crippen LogP contribution in [0.4, 0.5) is 0 Å². The van der Waals surface area contributed by atoms with Crippen molar-refractivity contribution < 1.29 is 19.1 Å². The normalized spacial score (nSPS) is 27.3. The van der Waals surface area contributed by atoms with E-state index in [0.29, 0.717) is 45.4 Å². The van der Waals surface area contributed by atoms with Gasteiger partial charge in [0.1, 0.15) is 0 Å². The Morgan fingerprint density at radius 1 is 1.06 bits per heavy atom. The van der Waals surface area contributed by atoms with Crippen LogP contribution in [0.5, 0.6) is 11.5 Å². The highest BCUT2D eigenvalue weighted by Gasteiger charge is 2.58. The lowest BCUT2D eigenvalue weighted by Crippen LogP contribution is -2.43. The van der Waals surface area contributed by atoms with Crippen LogP contribution in [0.3, 0.4) is 0 Å². The van der Waals surface area contributed by atoms with Crippen LogP contribution in [0.2, 0.25) is 0 Å². The number of halogens is 1. The molecule has 33 heavy (non-hydrogen) atoms. The Balaban J connectivity index is 0.00000259. The van der Waals surface area contributed by atoms with Crippen LogP contribution in [0.15, 0.2) is 35.3 Å². The molecule has 4 unspecified atom stereocenters. The number of likely N-dealkylation sites (tertiary alicyclic amines) is 1. The van der Waals surface area contributed by atoms with Crippen molar-refractivity contribution in [3.05, 3.63) is 35.9 Å². The van der Waals surface area contributed by atoms with Gasteiger partial charge in [0.2, 0.25) is 11.8 Å². The monoisotopic (exact) mass is 566 g/mol. The van der Waals surface area contributed by atoms with Crippen LogP contribution in [0.1, 0.15) is 25.3 Å². The molecule has 2 bridgehead atoms. The number of hydrogen-bond donors (Lipinski definition) is 2. The molecule has 178 valence electrons. The van der Waals surface area contributed by atoms with Gasteiger partial charge in [0.05, 0.1) is 31.6 Å². The number of aliphatic imine (C=N–C) groups is 1. The van der Waals surface area contributed by atoms with Gasteiger partial charge in [0.25, 0.3) is 0 Å². The largest absolute Gasteiger partial charge is 0.490 e. The van der Waals surface area contributed by atoms with E-state index in [1.807, 2.05) is 25.1 Å². The molecule has 8 nitrogen and oxygen atoms in total. The van der Waals surface area contributed by atoms with Gasteiger partial charge in [-0.15, -0.1) is 24.0 Å². The molecule has 2 N–H and O–H groups in total. The minimum Gasteiger partial charge on any atom is -0.490 e. The molecule has 0 radical (unpaired) electrons. The number of nitrogens with one attached hydrogen (secondary N) is 2. The van der Waals surface area contributed by atoms with Crippen molar-refractivity contribution in [3.8, 4) is 11.5 Å². The number of nitrogens with zero attached hydrogens (tertiary/aromatic N) is 2. The molecule has 2 heterocycles. The summed E-state index contributed by atoms with van der Waals surface area (Å²) in [5, 5.41) is 6.48. The molecule has 0 spiro atoms. The summed E-state index contributed by atoms with van der Waals surface area (Å²) in [5.74, 6) is 2.38. The highest BCUT2D eigenvalue weighted by molar-refractivity contribution is 14.0. The van der Waals surface area contributed by atoms with Crippen LogP contribution in [-0.4, -0.2) is 55.5 Å². The summed E-state index contributed by atoms with van der Waals surface area (Å²) in [4.78, 5) is 31.7. The summed E-state index contributed by atoms with van der Waals surface area (Å²) in [7, 11) is 0. The highest BCUT2D eigenvalue weighted by Crippen LogP contribution is 2.52. The van der Waals surface area contributed by atoms with Crippen molar-refractivity contribution in [2.24, 2.45) is 28.7 Å². The van der Waals surface area contributed by atoms with Gasteiger partial charge in [-0.05, 0) is 42.9 Å². The third-order valence-corrected chi connectivity index (χ3v) is 6.77. The minimum absolute atomic E-state index is 0. The maximum atomic E-state index is 12.8. The van der Waals surface area contributed by atoms with E-state index >= 15 is 0 Å². The number of allylic oxidation sites excluding steroid dienone is 2. The number of rotatable bonds is 6. The molecule has 2 aliphatic heterocycles. The third kappa shape index (κ3) is 4.69. The second-order valence-electron chi connectivity index (χ2n) is 8.78. The van der Waals surface area contributed by atoms with Gasteiger partial charge in [-0.25, -0.2) is 4.99 Å². The summed E-state index contributed by atoms with van der Waals surface area (Å²) >= 11 is 0. The summed E-state index contributed by atoms with van der Waals surface area (Å²) in [5.41, 5.74) is 1.02. The van der Waals surface area contributed by atoms with Gasteiger partial charge in [0, 0.05) is 26.1 Å². The molecule has 9 heteroatoms. The van der Waals surface area contributed by atoms with Gasteiger partial charge in [-0.3, -0.25) is 14.5 Å². The fourth-order valence-corrected chi connectivity index (χ4v) is 5.29. The van der Waals surface area contributed by atoms with Gasteiger partial charge in [-0.2, -0.15) is 0 Å². The zero-order valence-corrected chi connectivity index (χ0v) is 21.1. The summed E-state index contributed by atoms with van der Waals surface area (Å²) in [6, 6.07) is 5.88. The van der Waals surface area contributed by atoms with Crippen LogP contribution >= 0.6 is 24.0 Å². The second kappa shape index (κ2) is 10.3. The van der Waals surface area contributed by atoms with Crippen LogP contribution in [0.25, 0.3) is 0 Å². The number of ether oxygens (including phenoxy) is 2. The maximum absolute atomic E-state index is 12.8. The Hall–Kier alpha value is -2.30. The Morgan fingerprint density at radius 3 is 2.45 bits per heavy atom. The number of amides is 2. The number of guanidine groups is 1. The van der Waals surface area contributed by atoms with Crippen LogP contribution in [0, 0.1) is 23.7 Å². The topological polar surface area (TPSA) is 92.3 Å². The fourth-order valence-electron chi connectivity index (χ4n) is 5.29. The first-order valence-electron chi connectivity index (χ1n) is 11.6. The molecular weight excluding hydrogens is 535 g/mol. The fraction of sp³-hybridized carbons (Fsp3) is 0.542. The summed E-state index contributed by atoms with van der Waals surface area (Å²) in [6.07, 6.45) is 6.07. The zero-order chi connectivity index (χ0) is 22.1. The number of fused-ring (bicyclic) bond motifs is 6. The van der Waals surface area contributed by atoms with E-state index in [9.17, 15) is 9.59 Å². The van der Waals surface area contributed by atoms with Gasteiger partial charge in [0.15, 0.2) is 17.5 Å². The van der Waals surface area contributed by atoms with Crippen molar-refractivity contribution in [1.82, 2.24) is 15.5 Å². The molecule has 2 amide bonds. The molecule has 2 aliphatic carbocycles. The SMILES string of the molecule is CCNC(=NCc1ccc2c(c1)OCCCO2)NCCN1C(=O)C2C3C=CC(C3)C2C1=O.I. The standard InChI is InChI=1S/C24H30N4O4.HI/c1-2-25-24(27-14-15-4-7-18-19(12-15)32-11-3-10-31-18)26-8-9-28-22(29)20-16-5-6-17(13-16)21(20)23(28)30;/h4-7,12,16-17,20-21H,2-3,8-11,13-14H2,1H3,(H2,25,26,27);1H. The average Bonchev–Trinajstić information content (AvgIpc) is 3.41. The van der Waals surface area contributed by atoms with Crippen LogP contribution < -0.4 is 20.1 Å². The van der Waals surface area contributed by atoms with E-state index in [4.69, 9.17) is 9.47 Å². The van der Waals surface area contributed by atoms with E-state index < -0.39 is 0 Å². The van der Waals surface area contributed by atoms with Gasteiger partial charge < -0.3 is 20.1 Å². The lowest BCUT2D eigenvalue weighted by atomic mass is 9.85. The predicted octanol–water partition coefficient (Wildman–Crippen LogP) is 2.33. The Bertz CT molecular complexity index is 936. The number of imide groups is 1. The number of benzene rings is 1. The Morgan fingerprint density at radius 2 is 1.76 bits per heavy atom. The number of carbonyl (C=O) groups is 2. The first-order chi connectivity index (χ1) is 15.7. The first kappa shape index (κ1) is 23.8. The third-order valence-electron chi connectivity index (χ3n) is 6.77. The van der Waals surface area contributed by atoms with E-state index in [-0.39, 0.29) is 59.5 Å². The molecule has 1 saturated heterocycles. The molecule has 1 aromatic carbocycles. The first-order valence-corrected chi connectivity index (χ1v) is 11.6. The van der Waals surface area contributed by atoms with E-state index in [0.717, 1.165) is 29.9 Å². The van der Waals surface area contributed by atoms with Gasteiger partial charge in [-0.1, -0.05) is 18.2 Å². The molecule has 5 rings (SSSR count). The zero-order valence-electron chi connectivity index (χ0n) is 18.8. The molecule has 1 saturated carbocycles. The Labute approximate surface area is 211 Å². The van der Waals surface area contributed by atoms with Crippen molar-refractivity contribution in [3.63, 3.8) is 0 Å². The van der Waals surface area contributed by atoms with Crippen molar-refractivity contribution in [1.29, 1.82) is 0 Å². The molecule has 4 aliphatic rings. The maximum Gasteiger partial charge on any atom is 0.233 e. The lowest BCUT2D eigenvalue weighted by Gasteiger charge is -2.18. The Kier molecular flexibility index (Phi) is 7.45. The summed E-state index contributed by atoms with van der Waals surface area (Å²) in [6.45, 7) is 5.34. The molecule has 0 aromatic heterocycles. The molecule has 2 fully saturated rings. The molecule has 4 atom stereocenters. The van der Waals surface area contributed by atoms with E-state index in [1.165, 1.54) is 4.90 Å².